The van der Waals surface area contributed by atoms with Gasteiger partial charge in [-0.05, 0) is 37.1 Å². The first-order valence-electron chi connectivity index (χ1n) is 9.10. The van der Waals surface area contributed by atoms with E-state index in [1.54, 1.807) is 6.20 Å². The molecule has 1 aliphatic heterocycles. The van der Waals surface area contributed by atoms with Crippen LogP contribution in [0, 0.1) is 0 Å². The number of halogens is 1. The molecule has 2 aromatic rings. The number of carbonyl (C=O) groups excluding carboxylic acids is 1. The highest BCUT2D eigenvalue weighted by Gasteiger charge is 2.25. The molecule has 0 unspecified atom stereocenters. The Kier molecular flexibility index (Phi) is 5.24. The predicted molar refractivity (Wildman–Crippen MR) is 99.8 cm³/mol. The van der Waals surface area contributed by atoms with E-state index in [1.165, 1.54) is 0 Å². The second-order valence-electron chi connectivity index (χ2n) is 7.02. The summed E-state index contributed by atoms with van der Waals surface area (Å²) >= 11 is 5.92. The number of nitrogens with zero attached hydrogens (tertiary/aromatic N) is 3. The fourth-order valence-corrected chi connectivity index (χ4v) is 3.26. The zero-order chi connectivity index (χ0) is 17.9. The maximum atomic E-state index is 11.9. The van der Waals surface area contributed by atoms with E-state index >= 15 is 0 Å². The van der Waals surface area contributed by atoms with Crippen molar-refractivity contribution >= 4 is 17.5 Å². The summed E-state index contributed by atoms with van der Waals surface area (Å²) in [4.78, 5) is 20.8. The van der Waals surface area contributed by atoms with Gasteiger partial charge >= 0.3 is 0 Å². The van der Waals surface area contributed by atoms with Gasteiger partial charge in [0.2, 0.25) is 11.8 Å². The fourth-order valence-electron chi connectivity index (χ4n) is 3.13. The Morgan fingerprint density at radius 1 is 1.15 bits per heavy atom. The van der Waals surface area contributed by atoms with Crippen LogP contribution in [0.3, 0.4) is 0 Å². The molecule has 138 valence electrons. The van der Waals surface area contributed by atoms with Crippen LogP contribution in [0.2, 0.25) is 5.02 Å². The third-order valence-corrected chi connectivity index (χ3v) is 5.07. The van der Waals surface area contributed by atoms with Crippen molar-refractivity contribution in [3.05, 3.63) is 41.4 Å². The van der Waals surface area contributed by atoms with E-state index in [4.69, 9.17) is 16.0 Å². The number of hydrogen-bond donors (Lipinski definition) is 1. The second kappa shape index (κ2) is 7.78. The molecule has 2 heterocycles. The Balaban J connectivity index is 1.25. The van der Waals surface area contributed by atoms with Crippen molar-refractivity contribution in [1.29, 1.82) is 0 Å². The van der Waals surface area contributed by atoms with Crippen molar-refractivity contribution in [2.45, 2.75) is 25.4 Å². The van der Waals surface area contributed by atoms with Crippen LogP contribution in [0.25, 0.3) is 11.3 Å². The molecule has 0 radical (unpaired) electrons. The highest BCUT2D eigenvalue weighted by Crippen LogP contribution is 2.23. The molecule has 2 fully saturated rings. The molecular formula is C19H23ClN4O2. The summed E-state index contributed by atoms with van der Waals surface area (Å²) in [5.74, 6) is 1.63. The lowest BCUT2D eigenvalue weighted by Gasteiger charge is -2.33. The number of piperazine rings is 1. The van der Waals surface area contributed by atoms with E-state index < -0.39 is 0 Å². The molecule has 0 spiro atoms. The third kappa shape index (κ3) is 4.63. The molecule has 6 nitrogen and oxygen atoms in total. The van der Waals surface area contributed by atoms with Crippen molar-refractivity contribution in [3.8, 4) is 11.3 Å². The molecule has 26 heavy (non-hydrogen) atoms. The number of oxazole rings is 1. The van der Waals surface area contributed by atoms with Gasteiger partial charge < -0.3 is 9.73 Å². The molecule has 1 aliphatic carbocycles. The third-order valence-electron chi connectivity index (χ3n) is 4.82. The number of rotatable bonds is 6. The second-order valence-corrected chi connectivity index (χ2v) is 7.46. The Morgan fingerprint density at radius 2 is 1.85 bits per heavy atom. The van der Waals surface area contributed by atoms with Gasteiger partial charge in [-0.25, -0.2) is 4.98 Å². The maximum absolute atomic E-state index is 11.9. The van der Waals surface area contributed by atoms with E-state index in [2.05, 4.69) is 20.1 Å². The quantitative estimate of drug-likeness (QED) is 0.841. The van der Waals surface area contributed by atoms with Crippen LogP contribution in [-0.2, 0) is 11.3 Å². The summed E-state index contributed by atoms with van der Waals surface area (Å²) in [6.07, 6.45) is 4.03. The van der Waals surface area contributed by atoms with Gasteiger partial charge in [0.15, 0.2) is 5.76 Å². The van der Waals surface area contributed by atoms with Crippen molar-refractivity contribution < 1.29 is 9.21 Å². The lowest BCUT2D eigenvalue weighted by Crippen LogP contribution is -2.49. The van der Waals surface area contributed by atoms with E-state index in [9.17, 15) is 4.79 Å². The lowest BCUT2D eigenvalue weighted by atomic mass is 10.2. The molecule has 1 N–H and O–H groups in total. The summed E-state index contributed by atoms with van der Waals surface area (Å²) in [6, 6.07) is 7.98. The van der Waals surface area contributed by atoms with Crippen molar-refractivity contribution in [2.24, 2.45) is 0 Å². The molecule has 4 rings (SSSR count). The molecule has 1 saturated carbocycles. The lowest BCUT2D eigenvalue weighted by molar-refractivity contribution is -0.122. The van der Waals surface area contributed by atoms with Gasteiger partial charge in [-0.1, -0.05) is 11.6 Å². The Hall–Kier alpha value is -1.89. The highest BCUT2D eigenvalue weighted by atomic mass is 35.5. The molecule has 0 atom stereocenters. The normalized spacial score (nSPS) is 18.8. The van der Waals surface area contributed by atoms with Crippen molar-refractivity contribution in [3.63, 3.8) is 0 Å². The molecule has 7 heteroatoms. The summed E-state index contributed by atoms with van der Waals surface area (Å²) in [6.45, 7) is 4.80. The zero-order valence-electron chi connectivity index (χ0n) is 14.7. The predicted octanol–water partition coefficient (Wildman–Crippen LogP) is 2.39. The minimum atomic E-state index is 0.154. The van der Waals surface area contributed by atoms with E-state index in [0.717, 1.165) is 56.2 Å². The van der Waals surface area contributed by atoms with Gasteiger partial charge in [0.05, 0.1) is 19.3 Å². The van der Waals surface area contributed by atoms with Crippen molar-refractivity contribution in [2.75, 3.05) is 32.7 Å². The monoisotopic (exact) mass is 374 g/mol. The number of nitrogens with one attached hydrogen (secondary N) is 1. The molecular weight excluding hydrogens is 352 g/mol. The van der Waals surface area contributed by atoms with Crippen LogP contribution in [0.4, 0.5) is 0 Å². The summed E-state index contributed by atoms with van der Waals surface area (Å²) in [5, 5.41) is 3.75. The molecule has 1 aromatic heterocycles. The number of aromatic nitrogens is 1. The van der Waals surface area contributed by atoms with Gasteiger partial charge in [-0.3, -0.25) is 14.6 Å². The molecule has 1 aromatic carbocycles. The van der Waals surface area contributed by atoms with Gasteiger partial charge in [0.25, 0.3) is 0 Å². The summed E-state index contributed by atoms with van der Waals surface area (Å²) in [7, 11) is 0. The van der Waals surface area contributed by atoms with Gasteiger partial charge in [-0.2, -0.15) is 0 Å². The largest absolute Gasteiger partial charge is 0.439 e. The van der Waals surface area contributed by atoms with E-state index in [-0.39, 0.29) is 5.91 Å². The van der Waals surface area contributed by atoms with Crippen molar-refractivity contribution in [1.82, 2.24) is 20.1 Å². The fraction of sp³-hybridized carbons (Fsp3) is 0.474. The smallest absolute Gasteiger partial charge is 0.234 e. The van der Waals surface area contributed by atoms with Crippen LogP contribution in [-0.4, -0.2) is 59.5 Å². The average molecular weight is 375 g/mol. The number of carbonyl (C=O) groups is 1. The minimum Gasteiger partial charge on any atom is -0.439 e. The van der Waals surface area contributed by atoms with Gasteiger partial charge in [-0.15, -0.1) is 0 Å². The standard InChI is InChI=1S/C19H23ClN4O2/c20-15-3-1-14(2-4-15)17-11-21-19(26-17)13-24-9-7-23(8-10-24)12-18(25)22-16-5-6-16/h1-4,11,16H,5-10,12-13H2,(H,22,25). The Morgan fingerprint density at radius 3 is 2.54 bits per heavy atom. The van der Waals surface area contributed by atoms with Crippen LogP contribution < -0.4 is 5.32 Å². The SMILES string of the molecule is O=C(CN1CCN(Cc2ncc(-c3ccc(Cl)cc3)o2)CC1)NC1CC1. The maximum Gasteiger partial charge on any atom is 0.234 e. The Labute approximate surface area is 158 Å². The molecule has 2 aliphatic rings. The molecule has 1 saturated heterocycles. The number of hydrogen-bond acceptors (Lipinski definition) is 5. The van der Waals surface area contributed by atoms with Crippen LogP contribution in [0.5, 0.6) is 0 Å². The number of benzene rings is 1. The topological polar surface area (TPSA) is 61.6 Å². The van der Waals surface area contributed by atoms with Crippen LogP contribution in [0.1, 0.15) is 18.7 Å². The summed E-state index contributed by atoms with van der Waals surface area (Å²) in [5.41, 5.74) is 0.972. The zero-order valence-corrected chi connectivity index (χ0v) is 15.4. The number of amides is 1. The molecule has 0 bridgehead atoms. The average Bonchev–Trinajstić information content (AvgIpc) is 3.32. The molecule has 1 amide bonds. The first-order valence-corrected chi connectivity index (χ1v) is 9.48. The van der Waals surface area contributed by atoms with E-state index in [1.807, 2.05) is 24.3 Å². The van der Waals surface area contributed by atoms with E-state index in [0.29, 0.717) is 24.2 Å². The van der Waals surface area contributed by atoms with Crippen LogP contribution >= 0.6 is 11.6 Å². The highest BCUT2D eigenvalue weighted by molar-refractivity contribution is 6.30. The van der Waals surface area contributed by atoms with Crippen LogP contribution in [0.15, 0.2) is 34.9 Å². The Bertz CT molecular complexity index is 749. The summed E-state index contributed by atoms with van der Waals surface area (Å²) < 4.78 is 5.88. The van der Waals surface area contributed by atoms with Gasteiger partial charge in [0, 0.05) is 42.8 Å². The minimum absolute atomic E-state index is 0.154. The first-order chi connectivity index (χ1) is 12.7. The first kappa shape index (κ1) is 17.5. The van der Waals surface area contributed by atoms with Gasteiger partial charge in [0.1, 0.15) is 0 Å².